The van der Waals surface area contributed by atoms with Crippen LogP contribution in [0.4, 0.5) is 0 Å². The van der Waals surface area contributed by atoms with E-state index in [1.54, 1.807) is 0 Å². The molecule has 2 aromatic heterocycles. The summed E-state index contributed by atoms with van der Waals surface area (Å²) in [6.07, 6.45) is 13.4. The third-order valence-electron chi connectivity index (χ3n) is 5.82. The predicted molar refractivity (Wildman–Crippen MR) is 101 cm³/mol. The van der Waals surface area contributed by atoms with Crippen molar-refractivity contribution in [1.82, 2.24) is 14.3 Å². The molecule has 1 saturated carbocycles. The summed E-state index contributed by atoms with van der Waals surface area (Å²) in [6, 6.07) is 5.96. The van der Waals surface area contributed by atoms with E-state index in [-0.39, 0.29) is 12.0 Å². The fourth-order valence-corrected chi connectivity index (χ4v) is 4.38. The van der Waals surface area contributed by atoms with E-state index >= 15 is 0 Å². The average molecular weight is 355 g/mol. The van der Waals surface area contributed by atoms with E-state index in [9.17, 15) is 4.79 Å². The van der Waals surface area contributed by atoms with Gasteiger partial charge in [-0.1, -0.05) is 38.2 Å². The second-order valence-corrected chi connectivity index (χ2v) is 7.77. The van der Waals surface area contributed by atoms with Crippen LogP contribution in [0.2, 0.25) is 0 Å². The summed E-state index contributed by atoms with van der Waals surface area (Å²) in [4.78, 5) is 19.3. The molecule has 3 heterocycles. The first-order valence-electron chi connectivity index (χ1n) is 10.1. The Bertz CT molecular complexity index is 703. The van der Waals surface area contributed by atoms with Gasteiger partial charge in [-0.25, -0.2) is 4.98 Å². The smallest absolute Gasteiger partial charge is 0.223 e. The highest BCUT2D eigenvalue weighted by Crippen LogP contribution is 2.29. The highest BCUT2D eigenvalue weighted by atomic mass is 16.5. The number of aryl methyl sites for hydroxylation is 1. The Morgan fingerprint density at radius 1 is 1.23 bits per heavy atom. The van der Waals surface area contributed by atoms with E-state index in [1.165, 1.54) is 32.1 Å². The van der Waals surface area contributed by atoms with Gasteiger partial charge in [-0.3, -0.25) is 4.79 Å². The summed E-state index contributed by atoms with van der Waals surface area (Å²) >= 11 is 0. The molecule has 1 amide bonds. The number of carbonyl (C=O) groups is 1. The minimum atomic E-state index is 0.228. The highest BCUT2D eigenvalue weighted by Gasteiger charge is 2.27. The molecule has 1 aliphatic carbocycles. The summed E-state index contributed by atoms with van der Waals surface area (Å²) in [6.45, 7) is 2.17. The van der Waals surface area contributed by atoms with Crippen LogP contribution in [0.25, 0.3) is 5.65 Å². The second kappa shape index (κ2) is 8.21. The van der Waals surface area contributed by atoms with Crippen LogP contribution in [0.5, 0.6) is 0 Å². The van der Waals surface area contributed by atoms with Crippen LogP contribution in [-0.4, -0.2) is 46.0 Å². The molecular weight excluding hydrogens is 326 g/mol. The Morgan fingerprint density at radius 2 is 2.12 bits per heavy atom. The monoisotopic (exact) mass is 355 g/mol. The van der Waals surface area contributed by atoms with Crippen molar-refractivity contribution >= 4 is 11.6 Å². The number of pyridine rings is 1. The molecule has 26 heavy (non-hydrogen) atoms. The maximum Gasteiger partial charge on any atom is 0.223 e. The van der Waals surface area contributed by atoms with Gasteiger partial charge >= 0.3 is 0 Å². The third kappa shape index (κ3) is 4.26. The van der Waals surface area contributed by atoms with Gasteiger partial charge in [0.15, 0.2) is 0 Å². The molecule has 0 unspecified atom stereocenters. The van der Waals surface area contributed by atoms with E-state index in [1.807, 2.05) is 39.9 Å². The minimum Gasteiger partial charge on any atom is -0.375 e. The van der Waals surface area contributed by atoms with Crippen molar-refractivity contribution in [1.29, 1.82) is 0 Å². The van der Waals surface area contributed by atoms with Crippen LogP contribution in [0.1, 0.15) is 50.6 Å². The summed E-state index contributed by atoms with van der Waals surface area (Å²) in [5.41, 5.74) is 1.92. The zero-order valence-corrected chi connectivity index (χ0v) is 15.5. The van der Waals surface area contributed by atoms with Gasteiger partial charge in [0.05, 0.1) is 18.4 Å². The number of carbonyl (C=O) groups excluding carboxylic acids is 1. The summed E-state index contributed by atoms with van der Waals surface area (Å²) in [5, 5.41) is 0. The van der Waals surface area contributed by atoms with Crippen molar-refractivity contribution in [2.45, 2.75) is 57.5 Å². The molecule has 0 radical (unpaired) electrons. The van der Waals surface area contributed by atoms with E-state index in [4.69, 9.17) is 4.74 Å². The standard InChI is InChI=1S/C21H29N3O2/c25-21(10-9-18-15-23-11-5-4-8-20(23)22-18)24-12-13-26-19(16-24)14-17-6-2-1-3-7-17/h4-5,8,11,15,17,19H,1-3,6-7,9-10,12-14,16H2/t19-/m0/s1. The van der Waals surface area contributed by atoms with Crippen LogP contribution in [0, 0.1) is 5.92 Å². The molecule has 1 aliphatic heterocycles. The number of imidazole rings is 1. The van der Waals surface area contributed by atoms with Crippen molar-refractivity contribution in [2.24, 2.45) is 5.92 Å². The Labute approximate surface area is 155 Å². The molecule has 2 aliphatic rings. The topological polar surface area (TPSA) is 46.8 Å². The number of nitrogens with zero attached hydrogens (tertiary/aromatic N) is 3. The Kier molecular flexibility index (Phi) is 5.54. The molecule has 0 N–H and O–H groups in total. The molecule has 5 nitrogen and oxygen atoms in total. The molecule has 1 saturated heterocycles. The molecule has 0 bridgehead atoms. The van der Waals surface area contributed by atoms with Gasteiger partial charge in [-0.05, 0) is 30.9 Å². The van der Waals surface area contributed by atoms with E-state index < -0.39 is 0 Å². The minimum absolute atomic E-state index is 0.228. The number of hydrogen-bond donors (Lipinski definition) is 0. The quantitative estimate of drug-likeness (QED) is 0.825. The summed E-state index contributed by atoms with van der Waals surface area (Å²) < 4.78 is 7.96. The number of amides is 1. The van der Waals surface area contributed by atoms with E-state index in [2.05, 4.69) is 4.98 Å². The molecule has 5 heteroatoms. The Hall–Kier alpha value is -1.88. The van der Waals surface area contributed by atoms with Crippen LogP contribution in [-0.2, 0) is 16.0 Å². The van der Waals surface area contributed by atoms with Crippen LogP contribution >= 0.6 is 0 Å². The van der Waals surface area contributed by atoms with Gasteiger partial charge in [-0.2, -0.15) is 0 Å². The van der Waals surface area contributed by atoms with Gasteiger partial charge in [-0.15, -0.1) is 0 Å². The molecule has 2 aromatic rings. The SMILES string of the molecule is O=C(CCc1cn2ccccc2n1)N1CCO[C@@H](CC2CCCCC2)C1. The van der Waals surface area contributed by atoms with Gasteiger partial charge in [0.25, 0.3) is 0 Å². The van der Waals surface area contributed by atoms with Gasteiger partial charge in [0.2, 0.25) is 5.91 Å². The first-order chi connectivity index (χ1) is 12.8. The van der Waals surface area contributed by atoms with Crippen LogP contribution < -0.4 is 0 Å². The van der Waals surface area contributed by atoms with Crippen molar-refractivity contribution < 1.29 is 9.53 Å². The largest absolute Gasteiger partial charge is 0.375 e. The number of morpholine rings is 1. The van der Waals surface area contributed by atoms with Crippen molar-refractivity contribution in [3.8, 4) is 0 Å². The van der Waals surface area contributed by atoms with E-state index in [0.717, 1.165) is 36.8 Å². The number of ether oxygens (including phenoxy) is 1. The normalized spacial score (nSPS) is 22.0. The number of rotatable bonds is 5. The van der Waals surface area contributed by atoms with Crippen molar-refractivity contribution in [3.63, 3.8) is 0 Å². The molecule has 1 atom stereocenters. The maximum atomic E-state index is 12.7. The molecule has 2 fully saturated rings. The summed E-state index contributed by atoms with van der Waals surface area (Å²) in [7, 11) is 0. The van der Waals surface area contributed by atoms with Crippen molar-refractivity contribution in [3.05, 3.63) is 36.3 Å². The first-order valence-corrected chi connectivity index (χ1v) is 10.1. The lowest BCUT2D eigenvalue weighted by Crippen LogP contribution is -2.46. The van der Waals surface area contributed by atoms with E-state index in [0.29, 0.717) is 19.4 Å². The lowest BCUT2D eigenvalue weighted by molar-refractivity contribution is -0.139. The Balaban J connectivity index is 1.28. The number of aromatic nitrogens is 2. The van der Waals surface area contributed by atoms with Crippen molar-refractivity contribution in [2.75, 3.05) is 19.7 Å². The fraction of sp³-hybridized carbons (Fsp3) is 0.619. The first kappa shape index (κ1) is 17.5. The highest BCUT2D eigenvalue weighted by molar-refractivity contribution is 5.76. The number of hydrogen-bond acceptors (Lipinski definition) is 3. The molecule has 140 valence electrons. The van der Waals surface area contributed by atoms with Crippen LogP contribution in [0.15, 0.2) is 30.6 Å². The maximum absolute atomic E-state index is 12.7. The van der Waals surface area contributed by atoms with Gasteiger partial charge in [0.1, 0.15) is 5.65 Å². The average Bonchev–Trinajstić information content (AvgIpc) is 3.10. The molecule has 4 rings (SSSR count). The molecular formula is C21H29N3O2. The summed E-state index contributed by atoms with van der Waals surface area (Å²) in [5.74, 6) is 1.03. The molecule has 0 aromatic carbocycles. The van der Waals surface area contributed by atoms with Crippen LogP contribution in [0.3, 0.4) is 0 Å². The Morgan fingerprint density at radius 3 is 2.96 bits per heavy atom. The zero-order chi connectivity index (χ0) is 17.8. The fourth-order valence-electron chi connectivity index (χ4n) is 4.38. The van der Waals surface area contributed by atoms with Gasteiger partial charge < -0.3 is 14.0 Å². The number of fused-ring (bicyclic) bond motifs is 1. The molecule has 0 spiro atoms. The zero-order valence-electron chi connectivity index (χ0n) is 15.5. The lowest BCUT2D eigenvalue weighted by atomic mass is 9.85. The second-order valence-electron chi connectivity index (χ2n) is 7.77. The van der Waals surface area contributed by atoms with Gasteiger partial charge in [0, 0.05) is 31.9 Å². The lowest BCUT2D eigenvalue weighted by Gasteiger charge is -2.35. The predicted octanol–water partition coefficient (Wildman–Crippen LogP) is 3.46. The third-order valence-corrected chi connectivity index (χ3v) is 5.82.